The Kier molecular flexibility index (Phi) is 3.95. The van der Waals surface area contributed by atoms with Gasteiger partial charge in [-0.05, 0) is 6.42 Å². The van der Waals surface area contributed by atoms with Crippen LogP contribution in [-0.4, -0.2) is 20.6 Å². The normalized spacial score (nSPS) is 10.4. The molecule has 0 atom stereocenters. The first-order valence-electron chi connectivity index (χ1n) is 4.56. The Labute approximate surface area is 87.5 Å². The van der Waals surface area contributed by atoms with Crippen LogP contribution in [0, 0.1) is 0 Å². The molecule has 14 heavy (non-hydrogen) atoms. The molecule has 0 aliphatic carbocycles. The van der Waals surface area contributed by atoms with Gasteiger partial charge in [0, 0.05) is 13.0 Å². The largest absolute Gasteiger partial charge is 0.481 e. The van der Waals surface area contributed by atoms with Gasteiger partial charge in [-0.25, -0.2) is 4.98 Å². The summed E-state index contributed by atoms with van der Waals surface area (Å²) in [5.74, 6) is 0.0379. The van der Waals surface area contributed by atoms with Crippen molar-refractivity contribution in [3.63, 3.8) is 0 Å². The molecule has 0 aliphatic rings. The molecular weight excluding hydrogens is 204 g/mol. The summed E-state index contributed by atoms with van der Waals surface area (Å²) in [7, 11) is 0. The van der Waals surface area contributed by atoms with Gasteiger partial charge in [0.05, 0.1) is 12.6 Å². The third-order valence-corrected chi connectivity index (χ3v) is 2.21. The van der Waals surface area contributed by atoms with Gasteiger partial charge < -0.3 is 9.67 Å². The van der Waals surface area contributed by atoms with Crippen molar-refractivity contribution in [3.05, 3.63) is 17.2 Å². The van der Waals surface area contributed by atoms with Gasteiger partial charge in [-0.2, -0.15) is 0 Å². The number of imidazole rings is 1. The van der Waals surface area contributed by atoms with E-state index in [-0.39, 0.29) is 6.42 Å². The summed E-state index contributed by atoms with van der Waals surface area (Å²) >= 11 is 5.87. The quantitative estimate of drug-likeness (QED) is 0.819. The number of carboxylic acids is 1. The first-order valence-corrected chi connectivity index (χ1v) is 4.94. The summed E-state index contributed by atoms with van der Waals surface area (Å²) in [6, 6.07) is 0. The van der Waals surface area contributed by atoms with Crippen LogP contribution in [0.2, 0.25) is 5.15 Å². The van der Waals surface area contributed by atoms with E-state index in [1.165, 1.54) is 0 Å². The van der Waals surface area contributed by atoms with Crippen molar-refractivity contribution >= 4 is 17.6 Å². The first kappa shape index (κ1) is 11.0. The molecule has 0 bridgehead atoms. The average molecular weight is 217 g/mol. The van der Waals surface area contributed by atoms with Crippen LogP contribution in [0.4, 0.5) is 0 Å². The van der Waals surface area contributed by atoms with Crippen molar-refractivity contribution < 1.29 is 9.90 Å². The minimum Gasteiger partial charge on any atom is -0.481 e. The standard InChI is InChI=1S/C9H13ClN2O2/c1-2-3-8-11-6-7(10)12(8)5-4-9(13)14/h6H,2-5H2,1H3,(H,13,14). The van der Waals surface area contributed by atoms with Gasteiger partial charge in [0.25, 0.3) is 0 Å². The van der Waals surface area contributed by atoms with Crippen LogP contribution in [0.15, 0.2) is 6.20 Å². The molecule has 0 spiro atoms. The molecule has 0 saturated carbocycles. The maximum absolute atomic E-state index is 10.4. The van der Waals surface area contributed by atoms with Crippen LogP contribution < -0.4 is 0 Å². The van der Waals surface area contributed by atoms with Gasteiger partial charge in [-0.15, -0.1) is 0 Å². The van der Waals surface area contributed by atoms with E-state index in [4.69, 9.17) is 16.7 Å². The molecule has 1 aromatic heterocycles. The summed E-state index contributed by atoms with van der Waals surface area (Å²) in [6.45, 7) is 2.44. The van der Waals surface area contributed by atoms with E-state index in [0.717, 1.165) is 18.7 Å². The zero-order chi connectivity index (χ0) is 10.6. The third kappa shape index (κ3) is 2.73. The third-order valence-electron chi connectivity index (χ3n) is 1.91. The number of carbonyl (C=O) groups is 1. The van der Waals surface area contributed by atoms with Gasteiger partial charge in [-0.3, -0.25) is 4.79 Å². The first-order chi connectivity index (χ1) is 6.65. The number of aliphatic carboxylic acids is 1. The van der Waals surface area contributed by atoms with Gasteiger partial charge in [0.15, 0.2) is 0 Å². The molecule has 5 heteroatoms. The molecule has 0 amide bonds. The molecule has 1 aromatic rings. The second kappa shape index (κ2) is 5.00. The molecule has 1 heterocycles. The van der Waals surface area contributed by atoms with Gasteiger partial charge in [0.1, 0.15) is 11.0 Å². The average Bonchev–Trinajstić information content (AvgIpc) is 2.45. The van der Waals surface area contributed by atoms with Crippen LogP contribution in [0.1, 0.15) is 25.6 Å². The van der Waals surface area contributed by atoms with E-state index in [1.54, 1.807) is 10.8 Å². The minimum atomic E-state index is -0.822. The second-order valence-electron chi connectivity index (χ2n) is 3.04. The van der Waals surface area contributed by atoms with Gasteiger partial charge in [0.2, 0.25) is 0 Å². The van der Waals surface area contributed by atoms with Crippen LogP contribution in [0.5, 0.6) is 0 Å². The Morgan fingerprint density at radius 2 is 2.43 bits per heavy atom. The number of aryl methyl sites for hydroxylation is 1. The van der Waals surface area contributed by atoms with Crippen molar-refractivity contribution in [1.29, 1.82) is 0 Å². The Hall–Kier alpha value is -1.03. The van der Waals surface area contributed by atoms with Gasteiger partial charge >= 0.3 is 5.97 Å². The fourth-order valence-electron chi connectivity index (χ4n) is 1.26. The van der Waals surface area contributed by atoms with Crippen molar-refractivity contribution in [1.82, 2.24) is 9.55 Å². The second-order valence-corrected chi connectivity index (χ2v) is 3.43. The lowest BCUT2D eigenvalue weighted by Crippen LogP contribution is -2.08. The number of hydrogen-bond acceptors (Lipinski definition) is 2. The highest BCUT2D eigenvalue weighted by Gasteiger charge is 2.08. The van der Waals surface area contributed by atoms with E-state index in [2.05, 4.69) is 4.98 Å². The number of carboxylic acid groups (broad SMARTS) is 1. The fraction of sp³-hybridized carbons (Fsp3) is 0.556. The summed E-state index contributed by atoms with van der Waals surface area (Å²) in [4.78, 5) is 14.5. The Morgan fingerprint density at radius 3 is 3.00 bits per heavy atom. The molecule has 0 fully saturated rings. The molecule has 0 unspecified atom stereocenters. The highest BCUT2D eigenvalue weighted by Crippen LogP contribution is 2.13. The molecule has 0 aliphatic heterocycles. The molecule has 78 valence electrons. The maximum Gasteiger partial charge on any atom is 0.305 e. The van der Waals surface area contributed by atoms with Gasteiger partial charge in [-0.1, -0.05) is 18.5 Å². The molecule has 1 rings (SSSR count). The molecular formula is C9H13ClN2O2. The highest BCUT2D eigenvalue weighted by molar-refractivity contribution is 6.29. The van der Waals surface area contributed by atoms with E-state index in [0.29, 0.717) is 11.7 Å². The summed E-state index contributed by atoms with van der Waals surface area (Å²) in [6.07, 6.45) is 3.44. The Bertz CT molecular complexity index is 323. The van der Waals surface area contributed by atoms with Crippen molar-refractivity contribution in [2.24, 2.45) is 0 Å². The number of hydrogen-bond donors (Lipinski definition) is 1. The topological polar surface area (TPSA) is 55.1 Å². The lowest BCUT2D eigenvalue weighted by atomic mass is 10.3. The Morgan fingerprint density at radius 1 is 1.71 bits per heavy atom. The smallest absolute Gasteiger partial charge is 0.305 e. The number of aromatic nitrogens is 2. The summed E-state index contributed by atoms with van der Waals surface area (Å²) in [5, 5.41) is 9.06. The lowest BCUT2D eigenvalue weighted by molar-refractivity contribution is -0.137. The van der Waals surface area contributed by atoms with Crippen molar-refractivity contribution in [2.75, 3.05) is 0 Å². The van der Waals surface area contributed by atoms with E-state index < -0.39 is 5.97 Å². The molecule has 0 saturated heterocycles. The van der Waals surface area contributed by atoms with Crippen molar-refractivity contribution in [2.45, 2.75) is 32.7 Å². The monoisotopic (exact) mass is 216 g/mol. The number of rotatable bonds is 5. The van der Waals surface area contributed by atoms with Crippen LogP contribution in [-0.2, 0) is 17.8 Å². The molecule has 1 N–H and O–H groups in total. The maximum atomic E-state index is 10.4. The zero-order valence-corrected chi connectivity index (χ0v) is 8.79. The van der Waals surface area contributed by atoms with Crippen LogP contribution in [0.3, 0.4) is 0 Å². The minimum absolute atomic E-state index is 0.0762. The van der Waals surface area contributed by atoms with Crippen molar-refractivity contribution in [3.8, 4) is 0 Å². The molecule has 0 radical (unpaired) electrons. The number of nitrogens with zero attached hydrogens (tertiary/aromatic N) is 2. The van der Waals surface area contributed by atoms with Crippen LogP contribution in [0.25, 0.3) is 0 Å². The van der Waals surface area contributed by atoms with Crippen LogP contribution >= 0.6 is 11.6 Å². The zero-order valence-electron chi connectivity index (χ0n) is 8.03. The summed E-state index contributed by atoms with van der Waals surface area (Å²) < 4.78 is 1.75. The Balaban J connectivity index is 2.71. The molecule has 4 nitrogen and oxygen atoms in total. The highest BCUT2D eigenvalue weighted by atomic mass is 35.5. The van der Waals surface area contributed by atoms with E-state index in [1.807, 2.05) is 6.92 Å². The van der Waals surface area contributed by atoms with E-state index in [9.17, 15) is 4.79 Å². The SMILES string of the molecule is CCCc1ncc(Cl)n1CCC(=O)O. The lowest BCUT2D eigenvalue weighted by Gasteiger charge is -2.06. The molecule has 0 aromatic carbocycles. The fourth-order valence-corrected chi connectivity index (χ4v) is 1.49. The van der Waals surface area contributed by atoms with E-state index >= 15 is 0 Å². The number of halogens is 1. The summed E-state index contributed by atoms with van der Waals surface area (Å²) in [5.41, 5.74) is 0. The predicted molar refractivity (Wildman–Crippen MR) is 53.5 cm³/mol. The predicted octanol–water partition coefficient (Wildman–Crippen LogP) is 1.96.